The summed E-state index contributed by atoms with van der Waals surface area (Å²) < 4.78 is 0. The van der Waals surface area contributed by atoms with E-state index in [0.29, 0.717) is 5.41 Å². The Morgan fingerprint density at radius 3 is 1.15 bits per heavy atom. The quantitative estimate of drug-likeness (QED) is 0.417. The average molecular weight is 474 g/mol. The van der Waals surface area contributed by atoms with Crippen LogP contribution in [0.5, 0.6) is 0 Å². The largest absolute Gasteiger partial charge is 0.392 e. The van der Waals surface area contributed by atoms with E-state index >= 15 is 0 Å². The molecule has 2 aromatic rings. The highest BCUT2D eigenvalue weighted by molar-refractivity contribution is 5.46. The lowest BCUT2D eigenvalue weighted by molar-refractivity contribution is 0.281. The summed E-state index contributed by atoms with van der Waals surface area (Å²) in [6, 6.07) is 16.0. The maximum absolute atomic E-state index is 8.86. The van der Waals surface area contributed by atoms with Crippen LogP contribution < -0.4 is 5.32 Å². The molecule has 0 aliphatic heterocycles. The maximum Gasteiger partial charge on any atom is 0.0681 e. The smallest absolute Gasteiger partial charge is 0.0681 e. The third kappa shape index (κ3) is 24.8. The Hall–Kier alpha value is -1.84. The Morgan fingerprint density at radius 2 is 0.882 bits per heavy atom. The summed E-state index contributed by atoms with van der Waals surface area (Å²) in [7, 11) is 0. The van der Waals surface area contributed by atoms with Crippen LogP contribution in [0.1, 0.15) is 99.8 Å². The van der Waals surface area contributed by atoms with Crippen molar-refractivity contribution in [2.75, 3.05) is 5.32 Å². The van der Waals surface area contributed by atoms with Gasteiger partial charge in [0, 0.05) is 11.2 Å². The number of aliphatic hydroxyl groups excluding tert-OH is 2. The molecule has 3 heteroatoms. The molecule has 0 aliphatic rings. The maximum atomic E-state index is 8.86. The van der Waals surface area contributed by atoms with E-state index in [1.807, 2.05) is 36.4 Å². The van der Waals surface area contributed by atoms with Crippen molar-refractivity contribution in [2.24, 2.45) is 17.3 Å². The van der Waals surface area contributed by atoms with E-state index < -0.39 is 0 Å². The van der Waals surface area contributed by atoms with Crippen molar-refractivity contribution in [3.8, 4) is 0 Å². The van der Waals surface area contributed by atoms with E-state index in [2.05, 4.69) is 101 Å². The molecule has 0 amide bonds. The van der Waals surface area contributed by atoms with Gasteiger partial charge in [-0.05, 0) is 73.3 Å². The molecule has 34 heavy (non-hydrogen) atoms. The minimum Gasteiger partial charge on any atom is -0.392 e. The fourth-order valence-corrected chi connectivity index (χ4v) is 2.50. The number of aliphatic hydroxyl groups is 2. The number of anilines is 1. The number of hydrogen-bond acceptors (Lipinski definition) is 3. The second-order valence-corrected chi connectivity index (χ2v) is 12.4. The van der Waals surface area contributed by atoms with Gasteiger partial charge in [0.05, 0.1) is 13.2 Å². The number of hydrogen-bond donors (Lipinski definition) is 3. The van der Waals surface area contributed by atoms with Gasteiger partial charge in [-0.3, -0.25) is 0 Å². The summed E-state index contributed by atoms with van der Waals surface area (Å²) in [5, 5.41) is 21.1. The lowest BCUT2D eigenvalue weighted by atomic mass is 9.88. The number of rotatable bonds is 4. The molecule has 0 unspecified atom stereocenters. The van der Waals surface area contributed by atoms with Gasteiger partial charge in [-0.25, -0.2) is 0 Å². The molecule has 0 heterocycles. The van der Waals surface area contributed by atoms with Gasteiger partial charge >= 0.3 is 0 Å². The molecule has 0 aromatic heterocycles. The number of nitrogens with one attached hydrogen (secondary N) is 1. The van der Waals surface area contributed by atoms with Crippen LogP contribution in [-0.4, -0.2) is 15.8 Å². The Bertz CT molecular complexity index is 647. The molecule has 0 saturated heterocycles. The van der Waals surface area contributed by atoms with Crippen molar-refractivity contribution < 1.29 is 10.2 Å². The Morgan fingerprint density at radius 1 is 0.588 bits per heavy atom. The van der Waals surface area contributed by atoms with Gasteiger partial charge < -0.3 is 15.5 Å². The van der Waals surface area contributed by atoms with Gasteiger partial charge in [-0.2, -0.15) is 0 Å². The molecule has 0 spiro atoms. The van der Waals surface area contributed by atoms with Crippen LogP contribution in [0, 0.1) is 17.3 Å². The lowest BCUT2D eigenvalue weighted by Crippen LogP contribution is -2.25. The standard InChI is InChI=1S/C12H18O.C11H17NO.2C4H10/c1-12(2,3)8-10-4-6-11(9-13)7-5-10;1-11(2,3)12-10-6-4-9(8-13)5-7-10;2*1-4(2)3/h4-7,13H,8-9H2,1-3H3;4-7,12-13H,8H2,1-3H3;2*4H,1-3H3. The summed E-state index contributed by atoms with van der Waals surface area (Å²) in [4.78, 5) is 0. The van der Waals surface area contributed by atoms with E-state index in [-0.39, 0.29) is 18.8 Å². The molecule has 3 nitrogen and oxygen atoms in total. The van der Waals surface area contributed by atoms with Crippen molar-refractivity contribution in [1.29, 1.82) is 0 Å². The SMILES string of the molecule is CC(C)(C)Cc1ccc(CO)cc1.CC(C)(C)Nc1ccc(CO)cc1.CC(C)C.CC(C)C. The van der Waals surface area contributed by atoms with Crippen molar-refractivity contribution in [3.63, 3.8) is 0 Å². The van der Waals surface area contributed by atoms with Crippen LogP contribution in [-0.2, 0) is 19.6 Å². The molecule has 0 atom stereocenters. The highest BCUT2D eigenvalue weighted by Crippen LogP contribution is 2.20. The van der Waals surface area contributed by atoms with E-state index in [1.165, 1.54) is 5.56 Å². The van der Waals surface area contributed by atoms with Crippen molar-refractivity contribution in [1.82, 2.24) is 0 Å². The first kappa shape index (κ1) is 34.3. The zero-order chi connectivity index (χ0) is 26.9. The topological polar surface area (TPSA) is 52.5 Å². The molecular formula is C31H55NO2. The Labute approximate surface area is 212 Å². The van der Waals surface area contributed by atoms with Gasteiger partial charge in [0.25, 0.3) is 0 Å². The van der Waals surface area contributed by atoms with Gasteiger partial charge in [0.2, 0.25) is 0 Å². The molecule has 0 radical (unpaired) electrons. The highest BCUT2D eigenvalue weighted by atomic mass is 16.3. The van der Waals surface area contributed by atoms with E-state index in [0.717, 1.165) is 35.1 Å². The second-order valence-electron chi connectivity index (χ2n) is 12.4. The fraction of sp³-hybridized carbons (Fsp3) is 0.613. The summed E-state index contributed by atoms with van der Waals surface area (Å²) in [6.45, 7) is 26.3. The van der Waals surface area contributed by atoms with Gasteiger partial charge in [-0.1, -0.05) is 98.7 Å². The minimum atomic E-state index is 0.0841. The van der Waals surface area contributed by atoms with Crippen LogP contribution in [0.4, 0.5) is 5.69 Å². The molecule has 0 saturated carbocycles. The summed E-state index contributed by atoms with van der Waals surface area (Å²) in [5.41, 5.74) is 4.77. The van der Waals surface area contributed by atoms with Crippen molar-refractivity contribution in [3.05, 3.63) is 65.2 Å². The fourth-order valence-electron chi connectivity index (χ4n) is 2.50. The first-order valence-electron chi connectivity index (χ1n) is 12.7. The van der Waals surface area contributed by atoms with Crippen LogP contribution in [0.3, 0.4) is 0 Å². The average Bonchev–Trinajstić information content (AvgIpc) is 2.66. The number of benzene rings is 2. The molecule has 0 bridgehead atoms. The first-order chi connectivity index (χ1) is 15.5. The van der Waals surface area contributed by atoms with E-state index in [4.69, 9.17) is 10.2 Å². The molecule has 0 fully saturated rings. The second kappa shape index (κ2) is 17.6. The molecule has 196 valence electrons. The first-order valence-corrected chi connectivity index (χ1v) is 12.7. The molecular weight excluding hydrogens is 418 g/mol. The van der Waals surface area contributed by atoms with E-state index in [9.17, 15) is 0 Å². The van der Waals surface area contributed by atoms with Gasteiger partial charge in [-0.15, -0.1) is 0 Å². The van der Waals surface area contributed by atoms with Crippen LogP contribution >= 0.6 is 0 Å². The van der Waals surface area contributed by atoms with Crippen molar-refractivity contribution in [2.45, 2.75) is 108 Å². The van der Waals surface area contributed by atoms with Gasteiger partial charge in [0.1, 0.15) is 0 Å². The summed E-state index contributed by atoms with van der Waals surface area (Å²) in [5.74, 6) is 1.67. The van der Waals surface area contributed by atoms with Crippen LogP contribution in [0.15, 0.2) is 48.5 Å². The summed E-state index contributed by atoms with van der Waals surface area (Å²) in [6.07, 6.45) is 1.08. The minimum absolute atomic E-state index is 0.0841. The Kier molecular flexibility index (Phi) is 17.7. The normalized spacial score (nSPS) is 10.9. The van der Waals surface area contributed by atoms with E-state index in [1.54, 1.807) is 0 Å². The monoisotopic (exact) mass is 473 g/mol. The Balaban J connectivity index is 0. The molecule has 0 aliphatic carbocycles. The van der Waals surface area contributed by atoms with Crippen molar-refractivity contribution >= 4 is 5.69 Å². The zero-order valence-electron chi connectivity index (χ0n) is 24.3. The van der Waals surface area contributed by atoms with Crippen LogP contribution in [0.25, 0.3) is 0 Å². The molecule has 2 aromatic carbocycles. The van der Waals surface area contributed by atoms with Crippen LogP contribution in [0.2, 0.25) is 0 Å². The predicted molar refractivity (Wildman–Crippen MR) is 152 cm³/mol. The third-order valence-corrected chi connectivity index (χ3v) is 3.60. The summed E-state index contributed by atoms with van der Waals surface area (Å²) >= 11 is 0. The molecule has 3 N–H and O–H groups in total. The third-order valence-electron chi connectivity index (χ3n) is 3.60. The molecule has 2 rings (SSSR count). The van der Waals surface area contributed by atoms with Gasteiger partial charge in [0.15, 0.2) is 0 Å². The zero-order valence-corrected chi connectivity index (χ0v) is 24.3. The predicted octanol–water partition coefficient (Wildman–Crippen LogP) is 8.48. The highest BCUT2D eigenvalue weighted by Gasteiger charge is 2.10. The lowest BCUT2D eigenvalue weighted by Gasteiger charge is -2.22.